The molecule has 2 aliphatic heterocycles. The largest absolute Gasteiger partial charge is 0.309 e. The van der Waals surface area contributed by atoms with Crippen LogP contribution >= 0.6 is 0 Å². The number of fused-ring (bicyclic) bond motifs is 24. The third kappa shape index (κ3) is 9.29. The third-order valence-electron chi connectivity index (χ3n) is 24.6. The van der Waals surface area contributed by atoms with Crippen molar-refractivity contribution in [2.45, 2.75) is 0 Å². The molecule has 122 heavy (non-hydrogen) atoms. The van der Waals surface area contributed by atoms with Crippen LogP contribution in [0.5, 0.6) is 0 Å². The van der Waals surface area contributed by atoms with Gasteiger partial charge >= 0.3 is 0 Å². The molecule has 19 aromatic carbocycles. The van der Waals surface area contributed by atoms with E-state index in [-0.39, 0.29) is 55.0 Å². The molecular weight excluding hydrogens is 1480 g/mol. The second-order valence-electron chi connectivity index (χ2n) is 30.6. The summed E-state index contributed by atoms with van der Waals surface area (Å²) in [4.78, 5) is 4.51. The molecule has 0 bridgehead atoms. The molecule has 8 heterocycles. The van der Waals surface area contributed by atoms with Crippen LogP contribution < -0.4 is 26.2 Å². The highest BCUT2D eigenvalue weighted by Crippen LogP contribution is 2.59. The first kappa shape index (κ1) is 44.4. The number of para-hydroxylation sites is 10. The third-order valence-corrected chi connectivity index (χ3v) is 24.6. The molecule has 0 atom stereocenters. The monoisotopic (exact) mass is 1580 g/mol. The quantitative estimate of drug-likeness (QED) is 0.128. The molecule has 0 aliphatic carbocycles. The molecule has 2 aliphatic rings. The SMILES string of the molecule is [2H]c1c([2H])c([2H])c2c(c1[2H])c1c([2H])c(-n3c4c([2H])c([2H])c([2H])c([2H])c4c4c([2H])c([2H])c([2H])c([2H])c43)c([2H])c([2H])c1n2-c1ccc2c(c1)N(c1c(-c3ccccc3)cccc1-c1ccccc1)c1c3c(c4c5ccccc5n5c6ccccc6c1c45)N(c1c(-c4ccccc4)cccc1-c1ccccc1)c1cc(-n4c5c([2H])c([2H])c([2H])c([2H])c5c5c([2H])c(-n6c7c([2H])c([2H])c([2H])c([2H])c7c7c([2H])c([2H])c([2H])c([2H])c76)c([2H])c([2H])c54)ccc1B23. The minimum absolute atomic E-state index is 0.0881. The topological polar surface area (TPSA) is 30.6 Å². The smallest absolute Gasteiger partial charge is 0.252 e. The van der Waals surface area contributed by atoms with Gasteiger partial charge in [-0.3, -0.25) is 0 Å². The van der Waals surface area contributed by atoms with Crippen LogP contribution in [0, 0.1) is 0 Å². The van der Waals surface area contributed by atoms with Gasteiger partial charge in [0.05, 0.1) is 125 Å². The molecule has 25 aromatic rings. The van der Waals surface area contributed by atoms with Gasteiger partial charge < -0.3 is 32.5 Å². The van der Waals surface area contributed by atoms with E-state index in [9.17, 15) is 30.2 Å². The molecule has 7 nitrogen and oxygen atoms in total. The van der Waals surface area contributed by atoms with Crippen molar-refractivity contribution in [1.82, 2.24) is 22.7 Å². The van der Waals surface area contributed by atoms with Crippen molar-refractivity contribution in [3.05, 3.63) is 424 Å². The molecule has 27 rings (SSSR count). The molecule has 0 fully saturated rings. The number of hydrogen-bond donors (Lipinski definition) is 0. The fourth-order valence-electron chi connectivity index (χ4n) is 19.7. The Balaban J connectivity index is 0.842. The lowest BCUT2D eigenvalue weighted by molar-refractivity contribution is 1.16. The second kappa shape index (κ2) is 25.7. The zero-order valence-corrected chi connectivity index (χ0v) is 63.8. The van der Waals surface area contributed by atoms with E-state index in [1.54, 1.807) is 12.1 Å². The molecule has 0 N–H and O–H groups in total. The molecule has 8 heteroatoms. The maximum absolute atomic E-state index is 10.9. The molecule has 564 valence electrons. The Morgan fingerprint density at radius 3 is 0.861 bits per heavy atom. The summed E-state index contributed by atoms with van der Waals surface area (Å²) in [7, 11) is 0. The molecule has 0 amide bonds. The summed E-state index contributed by atoms with van der Waals surface area (Å²) in [5.74, 6) is 0. The summed E-state index contributed by atoms with van der Waals surface area (Å²) >= 11 is 0. The van der Waals surface area contributed by atoms with E-state index < -0.39 is 243 Å². The van der Waals surface area contributed by atoms with E-state index in [2.05, 4.69) is 38.5 Å². The van der Waals surface area contributed by atoms with Gasteiger partial charge in [-0.05, 0) is 148 Å². The van der Waals surface area contributed by atoms with Crippen molar-refractivity contribution in [1.29, 1.82) is 0 Å². The molecule has 0 saturated carbocycles. The highest BCUT2D eigenvalue weighted by molar-refractivity contribution is 7.01. The average molecular weight is 1580 g/mol. The predicted molar refractivity (Wildman–Crippen MR) is 514 cm³/mol. The van der Waals surface area contributed by atoms with Gasteiger partial charge in [0.25, 0.3) is 6.71 Å². The number of anilines is 6. The zero-order chi connectivity index (χ0) is 106. The van der Waals surface area contributed by atoms with E-state index in [0.717, 1.165) is 64.0 Å². The van der Waals surface area contributed by atoms with Crippen LogP contribution in [0.2, 0.25) is 0 Å². The lowest BCUT2D eigenvalue weighted by Gasteiger charge is -2.46. The lowest BCUT2D eigenvalue weighted by atomic mass is 9.33. The first-order chi connectivity index (χ1) is 73.1. The van der Waals surface area contributed by atoms with Crippen molar-refractivity contribution < 1.29 is 41.1 Å². The highest BCUT2D eigenvalue weighted by atomic mass is 15.2. The molecule has 0 spiro atoms. The Hall–Kier alpha value is -16.2. The minimum Gasteiger partial charge on any atom is -0.309 e. The normalized spacial score (nSPS) is 16.1. The number of benzene rings is 19. The van der Waals surface area contributed by atoms with Crippen LogP contribution in [0.25, 0.3) is 193 Å². The number of rotatable bonds is 10. The Morgan fingerprint density at radius 1 is 0.221 bits per heavy atom. The summed E-state index contributed by atoms with van der Waals surface area (Å²) < 4.78 is 300. The predicted octanol–water partition coefficient (Wildman–Crippen LogP) is 28.0. The van der Waals surface area contributed by atoms with E-state index in [1.807, 2.05) is 206 Å². The van der Waals surface area contributed by atoms with Gasteiger partial charge in [-0.25, -0.2) is 0 Å². The van der Waals surface area contributed by atoms with Crippen molar-refractivity contribution in [2.24, 2.45) is 0 Å². The van der Waals surface area contributed by atoms with E-state index >= 15 is 0 Å². The second-order valence-corrected chi connectivity index (χ2v) is 30.6. The molecule has 0 saturated heterocycles. The van der Waals surface area contributed by atoms with Gasteiger partial charge in [0.1, 0.15) is 0 Å². The van der Waals surface area contributed by atoms with Crippen LogP contribution in [0.3, 0.4) is 0 Å². The first-order valence-electron chi connectivity index (χ1n) is 54.8. The van der Waals surface area contributed by atoms with Gasteiger partial charge in [0, 0.05) is 121 Å². The summed E-state index contributed by atoms with van der Waals surface area (Å²) in [5.41, 5.74) is 8.89. The van der Waals surface area contributed by atoms with Crippen molar-refractivity contribution >= 4 is 183 Å². The van der Waals surface area contributed by atoms with E-state index in [4.69, 9.17) is 11.0 Å². The Labute approximate surface area is 744 Å². The van der Waals surface area contributed by atoms with Gasteiger partial charge in [-0.1, -0.05) is 315 Å². The van der Waals surface area contributed by atoms with Gasteiger partial charge in [0.2, 0.25) is 0 Å². The number of aromatic nitrogens is 5. The maximum Gasteiger partial charge on any atom is 0.252 e. The Kier molecular flexibility index (Phi) is 9.35. The number of nitrogens with zero attached hydrogens (tertiary/aromatic N) is 7. The van der Waals surface area contributed by atoms with Crippen molar-refractivity contribution in [3.63, 3.8) is 0 Å². The number of hydrogen-bond acceptors (Lipinski definition) is 2. The van der Waals surface area contributed by atoms with Crippen LogP contribution in [0.1, 0.15) is 41.1 Å². The standard InChI is InChI=1S/C114H70BN7/c1-5-31-71(32-6-1)79-47-29-48-80(72-33-7-2-8-34-72)110(79)121-105-69-77(118-99-55-25-17-43-87(99)91-67-75(61-65-103(91)118)116-95-51-21-13-39-83(95)84-40-14-22-52-96(84)116)59-63-93(105)115-94-64-60-78(119-100-56-26-18-44-88(100)92-68-76(62-66-104(92)119)117-97-53-23-15-41-85(97)86-42-16-24-54-98(86)117)70-106(94)122(111-81(73-35-9-3-10-36-73)49-30-50-82(111)74-37-11-4-12-38-74)114-108-90-46-20-28-58-102(90)120-101-57-27-19-45-89(101)107(112(108)120)113(121)109(114)115/h1-70H/i13D,14D,15D,16D,17D,18D,21D,22D,23D,24D,25D,26D,39D,40D,41D,42D,43D,44D,51D,52D,53D,54D,55D,56D,61D,62D,65D,66D,67D,68D. The van der Waals surface area contributed by atoms with Gasteiger partial charge in [-0.2, -0.15) is 0 Å². The summed E-state index contributed by atoms with van der Waals surface area (Å²) in [6.45, 7) is -1.07. The fourth-order valence-corrected chi connectivity index (χ4v) is 19.7. The lowest BCUT2D eigenvalue weighted by Crippen LogP contribution is -2.61. The maximum atomic E-state index is 10.9. The molecule has 0 unspecified atom stereocenters. The van der Waals surface area contributed by atoms with Crippen molar-refractivity contribution in [2.75, 3.05) is 9.80 Å². The molecule has 6 aromatic heterocycles. The summed E-state index contributed by atoms with van der Waals surface area (Å²) in [5, 5.41) is 0.0887. The van der Waals surface area contributed by atoms with E-state index in [0.29, 0.717) is 78.3 Å². The van der Waals surface area contributed by atoms with Gasteiger partial charge in [0.15, 0.2) is 0 Å². The van der Waals surface area contributed by atoms with E-state index in [1.165, 1.54) is 9.13 Å². The highest BCUT2D eigenvalue weighted by Gasteiger charge is 2.49. The molecule has 0 radical (unpaired) electrons. The summed E-state index contributed by atoms with van der Waals surface area (Å²) in [6, 6.07) is 56.2. The summed E-state index contributed by atoms with van der Waals surface area (Å²) in [6.07, 6.45) is 0. The zero-order valence-electron chi connectivity index (χ0n) is 93.8. The van der Waals surface area contributed by atoms with Crippen molar-refractivity contribution in [3.8, 4) is 67.3 Å². The van der Waals surface area contributed by atoms with Gasteiger partial charge in [-0.15, -0.1) is 0 Å². The Morgan fingerprint density at radius 2 is 0.516 bits per heavy atom. The Bertz CT molecular complexity index is 9820. The minimum atomic E-state index is -1.07. The molecular formula is C114H70BN7. The van der Waals surface area contributed by atoms with Crippen LogP contribution in [-0.2, 0) is 0 Å². The average Bonchev–Trinajstić information content (AvgIpc) is 1.44. The fraction of sp³-hybridized carbons (Fsp3) is 0. The first-order valence-corrected chi connectivity index (χ1v) is 39.8. The van der Waals surface area contributed by atoms with Crippen LogP contribution in [-0.4, -0.2) is 29.4 Å². The van der Waals surface area contributed by atoms with Crippen LogP contribution in [0.15, 0.2) is 424 Å². The van der Waals surface area contributed by atoms with Crippen LogP contribution in [0.4, 0.5) is 34.1 Å².